The maximum absolute atomic E-state index is 0. The molecule has 7 heavy (non-hydrogen) atoms. The molecular weight excluding hydrogens is 362 g/mol. The van der Waals surface area contributed by atoms with Crippen molar-refractivity contribution in [1.82, 2.24) is 18.5 Å². The third-order valence-corrected chi connectivity index (χ3v) is 0. The van der Waals surface area contributed by atoms with E-state index in [-0.39, 0.29) is 86.4 Å². The quantitative estimate of drug-likeness (QED) is 0.607. The number of rotatable bonds is 0. The third-order valence-electron chi connectivity index (χ3n) is 0. The van der Waals surface area contributed by atoms with Gasteiger partial charge in [-0.3, -0.25) is 0 Å². The fourth-order valence-electron chi connectivity index (χ4n) is 0. The molecule has 0 unspecified atom stereocenters. The lowest BCUT2D eigenvalue weighted by molar-refractivity contribution is 2.13. The van der Waals surface area contributed by atoms with E-state index in [4.69, 9.17) is 0 Å². The minimum atomic E-state index is 0. The Kier molecular flexibility index (Phi) is 2630. The largest absolute Gasteiger partial charge is 0.344 e. The maximum atomic E-state index is 0. The second-order valence-corrected chi connectivity index (χ2v) is 0. The Morgan fingerprint density at radius 1 is 0.286 bits per heavy atom. The van der Waals surface area contributed by atoms with Gasteiger partial charge < -0.3 is 18.5 Å². The van der Waals surface area contributed by atoms with Crippen molar-refractivity contribution in [3.8, 4) is 0 Å². The lowest BCUT2D eigenvalue weighted by atomic mass is 14.0. The van der Waals surface area contributed by atoms with E-state index < -0.39 is 0 Å². The van der Waals surface area contributed by atoms with Gasteiger partial charge in [0.05, 0.1) is 0 Å². The monoisotopic (exact) mass is 371 g/mol. The van der Waals surface area contributed by atoms with Crippen LogP contribution in [-0.2, 0) is 0 Å². The predicted molar refractivity (Wildman–Crippen MR) is 56.4 cm³/mol. The minimum Gasteiger partial charge on any atom is -0.344 e. The van der Waals surface area contributed by atoms with Gasteiger partial charge in [0, 0.05) is 0 Å². The molecule has 0 aliphatic carbocycles. The first kappa shape index (κ1) is 165. The van der Waals surface area contributed by atoms with Gasteiger partial charge in [-0.2, -0.15) is 0 Å². The molecule has 0 aromatic rings. The minimum absolute atomic E-state index is 0. The number of hydrogen-bond donors (Lipinski definition) is 3. The molecular formula is H13Br4N3. The van der Waals surface area contributed by atoms with E-state index in [9.17, 15) is 0 Å². The first-order valence-corrected chi connectivity index (χ1v) is 0. The lowest BCUT2D eigenvalue weighted by Gasteiger charge is -0.345. The molecule has 0 saturated heterocycles. The van der Waals surface area contributed by atoms with Crippen molar-refractivity contribution in [1.29, 1.82) is 0 Å². The van der Waals surface area contributed by atoms with Gasteiger partial charge in [0.1, 0.15) is 0 Å². The van der Waals surface area contributed by atoms with Crippen molar-refractivity contribution in [2.75, 3.05) is 0 Å². The Labute approximate surface area is 85.8 Å². The van der Waals surface area contributed by atoms with E-state index in [0.29, 0.717) is 0 Å². The van der Waals surface area contributed by atoms with Crippen LogP contribution in [0.1, 0.15) is 0 Å². The van der Waals surface area contributed by atoms with Gasteiger partial charge >= 0.3 is 0 Å². The van der Waals surface area contributed by atoms with E-state index in [1.807, 2.05) is 0 Å². The van der Waals surface area contributed by atoms with Gasteiger partial charge in [-0.15, -0.1) is 67.9 Å². The van der Waals surface area contributed by atoms with Gasteiger partial charge in [0.15, 0.2) is 0 Å². The molecule has 0 aromatic carbocycles. The molecule has 0 aromatic heterocycles. The van der Waals surface area contributed by atoms with Gasteiger partial charge in [0.2, 0.25) is 0 Å². The van der Waals surface area contributed by atoms with Crippen LogP contribution in [0.4, 0.5) is 0 Å². The fraction of sp³-hybridized carbons (Fsp3) is 0. The molecule has 0 atom stereocenters. The van der Waals surface area contributed by atoms with Crippen LogP contribution in [0.15, 0.2) is 0 Å². The van der Waals surface area contributed by atoms with Crippen LogP contribution in [0.2, 0.25) is 0 Å². The summed E-state index contributed by atoms with van der Waals surface area (Å²) in [5.41, 5.74) is 0. The van der Waals surface area contributed by atoms with E-state index in [2.05, 4.69) is 0 Å². The molecule has 0 aliphatic rings. The highest BCUT2D eigenvalue weighted by molar-refractivity contribution is 8.93. The molecule has 9 N–H and O–H groups in total. The van der Waals surface area contributed by atoms with Crippen LogP contribution in [0.3, 0.4) is 0 Å². The predicted octanol–water partition coefficient (Wildman–Crippen LogP) is 2.80. The highest BCUT2D eigenvalue weighted by Crippen LogP contribution is 0.849. The summed E-state index contributed by atoms with van der Waals surface area (Å²) < 4.78 is 0. The summed E-state index contributed by atoms with van der Waals surface area (Å²) in [5.74, 6) is 0. The summed E-state index contributed by atoms with van der Waals surface area (Å²) in [7, 11) is 0. The number of hydrogen-bond acceptors (Lipinski definition) is 3. The molecule has 0 saturated carbocycles. The highest BCUT2D eigenvalue weighted by Gasteiger charge is -0.111. The summed E-state index contributed by atoms with van der Waals surface area (Å²) in [5, 5.41) is 0. The standard InChI is InChI=1S/4BrH.3H3N/h4*1H;3*1H3. The number of halogens is 4. The highest BCUT2D eigenvalue weighted by atomic mass is 79.9. The summed E-state index contributed by atoms with van der Waals surface area (Å²) in [6.07, 6.45) is 0. The molecule has 0 bridgehead atoms. The molecule has 0 amide bonds. The molecule has 56 valence electrons. The normalized spacial score (nSPS) is 0. The van der Waals surface area contributed by atoms with Crippen LogP contribution in [0, 0.1) is 0 Å². The van der Waals surface area contributed by atoms with Crippen LogP contribution < -0.4 is 18.5 Å². The Morgan fingerprint density at radius 3 is 0.286 bits per heavy atom. The van der Waals surface area contributed by atoms with Crippen LogP contribution in [-0.4, -0.2) is 0 Å². The average molecular weight is 375 g/mol. The third kappa shape index (κ3) is 81.0. The smallest absolute Gasteiger partial charge is 0.114 e. The van der Waals surface area contributed by atoms with Gasteiger partial charge in [0.25, 0.3) is 0 Å². The van der Waals surface area contributed by atoms with E-state index in [1.54, 1.807) is 0 Å². The molecule has 7 heteroatoms. The fourth-order valence-corrected chi connectivity index (χ4v) is 0. The van der Waals surface area contributed by atoms with Crippen molar-refractivity contribution < 1.29 is 0 Å². The summed E-state index contributed by atoms with van der Waals surface area (Å²) in [6.45, 7) is 0. The van der Waals surface area contributed by atoms with E-state index in [1.165, 1.54) is 0 Å². The topological polar surface area (TPSA) is 105 Å². The zero-order valence-corrected chi connectivity index (χ0v) is 10.6. The summed E-state index contributed by atoms with van der Waals surface area (Å²) in [4.78, 5) is 0. The molecule has 3 nitrogen and oxygen atoms in total. The lowest BCUT2D eigenvalue weighted by Crippen LogP contribution is -0.482. The first-order valence-electron chi connectivity index (χ1n) is 0. The zero-order chi connectivity index (χ0) is 0. The summed E-state index contributed by atoms with van der Waals surface area (Å²) >= 11 is 0. The van der Waals surface area contributed by atoms with Crippen LogP contribution in [0.5, 0.6) is 0 Å². The van der Waals surface area contributed by atoms with Crippen molar-refractivity contribution in [3.05, 3.63) is 0 Å². The maximum Gasteiger partial charge on any atom is -0.114 e. The molecule has 0 spiro atoms. The van der Waals surface area contributed by atoms with Crippen molar-refractivity contribution >= 4 is 67.9 Å². The van der Waals surface area contributed by atoms with Gasteiger partial charge in [-0.1, -0.05) is 0 Å². The summed E-state index contributed by atoms with van der Waals surface area (Å²) in [6, 6.07) is 0. The van der Waals surface area contributed by atoms with Crippen molar-refractivity contribution in [2.24, 2.45) is 0 Å². The second kappa shape index (κ2) is 111. The SMILES string of the molecule is Br.Br.Br.Br.N.N.N. The second-order valence-electron chi connectivity index (χ2n) is 0. The van der Waals surface area contributed by atoms with Crippen LogP contribution >= 0.6 is 67.9 Å². The van der Waals surface area contributed by atoms with Crippen LogP contribution in [0.25, 0.3) is 0 Å². The van der Waals surface area contributed by atoms with Crippen molar-refractivity contribution in [2.45, 2.75) is 0 Å². The Balaban J connectivity index is 0. The average Bonchev–Trinajstić information content (AvgIpc) is 0. The molecule has 0 heterocycles. The zero-order valence-electron chi connectivity index (χ0n) is 3.75. The van der Waals surface area contributed by atoms with E-state index in [0.717, 1.165) is 0 Å². The first-order chi connectivity index (χ1) is 0. The molecule has 0 fully saturated rings. The Hall–Kier alpha value is 1.80. The van der Waals surface area contributed by atoms with Gasteiger partial charge in [-0.25, -0.2) is 0 Å². The molecule has 0 radical (unpaired) electrons. The Bertz CT molecular complexity index is 6.90. The molecule has 0 rings (SSSR count). The Morgan fingerprint density at radius 2 is 0.286 bits per heavy atom. The van der Waals surface area contributed by atoms with Crippen molar-refractivity contribution in [3.63, 3.8) is 0 Å². The van der Waals surface area contributed by atoms with Gasteiger partial charge in [-0.05, 0) is 0 Å². The molecule has 0 aliphatic heterocycles. The van der Waals surface area contributed by atoms with E-state index >= 15 is 0 Å².